The minimum absolute atomic E-state index is 0.0313. The van der Waals surface area contributed by atoms with Gasteiger partial charge in [-0.05, 0) is 40.2 Å². The molecule has 1 N–H and O–H groups in total. The van der Waals surface area contributed by atoms with Crippen molar-refractivity contribution in [2.24, 2.45) is 0 Å². The maximum Gasteiger partial charge on any atom is 0.573 e. The fourth-order valence-electron chi connectivity index (χ4n) is 1.40. The number of para-hydroxylation sites is 2. The number of sulfonamides is 1. The molecular formula is C11H7BrF3NO3S2. The zero-order chi connectivity index (χ0) is 15.7. The molecule has 21 heavy (non-hydrogen) atoms. The van der Waals surface area contributed by atoms with Crippen LogP contribution in [0.1, 0.15) is 0 Å². The van der Waals surface area contributed by atoms with Crippen LogP contribution < -0.4 is 9.46 Å². The summed E-state index contributed by atoms with van der Waals surface area (Å²) in [5, 5.41) is 0. The highest BCUT2D eigenvalue weighted by Gasteiger charge is 2.32. The third-order valence-corrected chi connectivity index (χ3v) is 5.65. The second-order valence-corrected chi connectivity index (χ2v) is 8.08. The minimum Gasteiger partial charge on any atom is -0.404 e. The van der Waals surface area contributed by atoms with Crippen molar-refractivity contribution >= 4 is 43.0 Å². The Morgan fingerprint density at radius 2 is 1.81 bits per heavy atom. The molecule has 1 aromatic carbocycles. The standard InChI is InChI=1S/C11H7BrF3NO3S2/c12-9-5-6-10(20-9)21(17,18)16-7-3-1-2-4-8(7)19-11(13,14)15/h1-6,16H. The van der Waals surface area contributed by atoms with Crippen molar-refractivity contribution in [3.63, 3.8) is 0 Å². The van der Waals surface area contributed by atoms with E-state index in [4.69, 9.17) is 0 Å². The third-order valence-electron chi connectivity index (χ3n) is 2.17. The number of nitrogens with one attached hydrogen (secondary N) is 1. The predicted octanol–water partition coefficient (Wildman–Crippen LogP) is 4.21. The third kappa shape index (κ3) is 4.35. The molecule has 114 valence electrons. The van der Waals surface area contributed by atoms with E-state index < -0.39 is 22.1 Å². The Morgan fingerprint density at radius 3 is 2.38 bits per heavy atom. The number of ether oxygens (including phenoxy) is 1. The SMILES string of the molecule is O=S(=O)(Nc1ccccc1OC(F)(F)F)c1ccc(Br)s1. The van der Waals surface area contributed by atoms with Crippen LogP contribution in [-0.4, -0.2) is 14.8 Å². The summed E-state index contributed by atoms with van der Waals surface area (Å²) < 4.78 is 67.4. The molecule has 0 aliphatic rings. The summed E-state index contributed by atoms with van der Waals surface area (Å²) in [4.78, 5) is 0. The van der Waals surface area contributed by atoms with E-state index in [1.807, 2.05) is 0 Å². The van der Waals surface area contributed by atoms with Gasteiger partial charge in [-0.3, -0.25) is 4.72 Å². The Balaban J connectivity index is 2.31. The molecule has 0 amide bonds. The number of halogens is 4. The fraction of sp³-hybridized carbons (Fsp3) is 0.0909. The van der Waals surface area contributed by atoms with Gasteiger partial charge < -0.3 is 4.74 Å². The highest BCUT2D eigenvalue weighted by molar-refractivity contribution is 9.11. The maximum absolute atomic E-state index is 12.3. The first-order valence-electron chi connectivity index (χ1n) is 5.30. The number of anilines is 1. The number of hydrogen-bond acceptors (Lipinski definition) is 4. The van der Waals surface area contributed by atoms with Crippen molar-refractivity contribution in [3.8, 4) is 5.75 Å². The van der Waals surface area contributed by atoms with Gasteiger partial charge in [-0.15, -0.1) is 24.5 Å². The maximum atomic E-state index is 12.3. The molecule has 0 unspecified atom stereocenters. The first-order valence-corrected chi connectivity index (χ1v) is 8.39. The van der Waals surface area contributed by atoms with Gasteiger partial charge in [-0.1, -0.05) is 12.1 Å². The van der Waals surface area contributed by atoms with Crippen LogP contribution in [0.4, 0.5) is 18.9 Å². The average molecular weight is 402 g/mol. The molecule has 0 saturated carbocycles. The van der Waals surface area contributed by atoms with Crippen LogP contribution in [0.15, 0.2) is 44.4 Å². The first-order chi connectivity index (χ1) is 9.67. The van der Waals surface area contributed by atoms with Crippen LogP contribution >= 0.6 is 27.3 Å². The second-order valence-electron chi connectivity index (χ2n) is 3.71. The number of hydrogen-bond donors (Lipinski definition) is 1. The van der Waals surface area contributed by atoms with Gasteiger partial charge in [0, 0.05) is 0 Å². The van der Waals surface area contributed by atoms with Gasteiger partial charge in [0.2, 0.25) is 0 Å². The molecule has 0 radical (unpaired) electrons. The van der Waals surface area contributed by atoms with Gasteiger partial charge in [-0.25, -0.2) is 8.42 Å². The van der Waals surface area contributed by atoms with Crippen LogP contribution in [-0.2, 0) is 10.0 Å². The zero-order valence-electron chi connectivity index (χ0n) is 10.0. The Morgan fingerprint density at radius 1 is 1.14 bits per heavy atom. The topological polar surface area (TPSA) is 55.4 Å². The molecular weight excluding hydrogens is 395 g/mol. The first kappa shape index (κ1) is 16.1. The van der Waals surface area contributed by atoms with Gasteiger partial charge in [0.05, 0.1) is 9.47 Å². The molecule has 0 saturated heterocycles. The average Bonchev–Trinajstić information content (AvgIpc) is 2.77. The summed E-state index contributed by atoms with van der Waals surface area (Å²) in [6, 6.07) is 7.77. The summed E-state index contributed by atoms with van der Waals surface area (Å²) in [5.74, 6) is -0.621. The highest BCUT2D eigenvalue weighted by atomic mass is 79.9. The molecule has 4 nitrogen and oxygen atoms in total. The predicted molar refractivity (Wildman–Crippen MR) is 76.0 cm³/mol. The van der Waals surface area contributed by atoms with Crippen molar-refractivity contribution in [3.05, 3.63) is 40.2 Å². The van der Waals surface area contributed by atoms with E-state index in [0.717, 1.165) is 17.4 Å². The lowest BCUT2D eigenvalue weighted by Crippen LogP contribution is -2.19. The van der Waals surface area contributed by atoms with Crippen LogP contribution in [0.5, 0.6) is 5.75 Å². The van der Waals surface area contributed by atoms with E-state index in [9.17, 15) is 21.6 Å². The van der Waals surface area contributed by atoms with Crippen LogP contribution in [0.3, 0.4) is 0 Å². The lowest BCUT2D eigenvalue weighted by Gasteiger charge is -2.14. The molecule has 1 aromatic heterocycles. The largest absolute Gasteiger partial charge is 0.573 e. The fourth-order valence-corrected chi connectivity index (χ4v) is 4.48. The summed E-state index contributed by atoms with van der Waals surface area (Å²) >= 11 is 4.05. The minimum atomic E-state index is -4.91. The lowest BCUT2D eigenvalue weighted by molar-refractivity contribution is -0.274. The molecule has 0 bridgehead atoms. The van der Waals surface area contributed by atoms with Crippen molar-refractivity contribution in [1.82, 2.24) is 0 Å². The van der Waals surface area contributed by atoms with Crippen molar-refractivity contribution < 1.29 is 26.3 Å². The lowest BCUT2D eigenvalue weighted by atomic mass is 10.3. The van der Waals surface area contributed by atoms with Gasteiger partial charge in [0.25, 0.3) is 10.0 Å². The van der Waals surface area contributed by atoms with Gasteiger partial charge >= 0.3 is 6.36 Å². The summed E-state index contributed by atoms with van der Waals surface area (Å²) in [5.41, 5.74) is -0.292. The molecule has 0 aliphatic heterocycles. The normalized spacial score (nSPS) is 12.2. The molecule has 0 spiro atoms. The van der Waals surface area contributed by atoms with Gasteiger partial charge in [0.1, 0.15) is 4.21 Å². The molecule has 0 fully saturated rings. The van der Waals surface area contributed by atoms with Crippen molar-refractivity contribution in [1.29, 1.82) is 0 Å². The number of rotatable bonds is 4. The Hall–Kier alpha value is -1.26. The van der Waals surface area contributed by atoms with Crippen molar-refractivity contribution in [2.75, 3.05) is 4.72 Å². The number of alkyl halides is 3. The van der Waals surface area contributed by atoms with E-state index >= 15 is 0 Å². The molecule has 0 aliphatic carbocycles. The van der Waals surface area contributed by atoms with Crippen LogP contribution in [0.2, 0.25) is 0 Å². The van der Waals surface area contributed by atoms with Gasteiger partial charge in [-0.2, -0.15) is 0 Å². The van der Waals surface area contributed by atoms with Gasteiger partial charge in [0.15, 0.2) is 5.75 Å². The second kappa shape index (κ2) is 5.85. The Bertz CT molecular complexity index is 743. The molecule has 2 rings (SSSR count). The molecule has 2 aromatic rings. The van der Waals surface area contributed by atoms with E-state index in [1.54, 1.807) is 0 Å². The van der Waals surface area contributed by atoms with Crippen LogP contribution in [0, 0.1) is 0 Å². The summed E-state index contributed by atoms with van der Waals surface area (Å²) in [7, 11) is -3.98. The highest BCUT2D eigenvalue weighted by Crippen LogP contribution is 2.33. The van der Waals surface area contributed by atoms with Crippen LogP contribution in [0.25, 0.3) is 0 Å². The van der Waals surface area contributed by atoms with E-state index in [0.29, 0.717) is 3.79 Å². The monoisotopic (exact) mass is 401 g/mol. The zero-order valence-corrected chi connectivity index (χ0v) is 13.2. The Kier molecular flexibility index (Phi) is 4.49. The van der Waals surface area contributed by atoms with E-state index in [1.165, 1.54) is 30.3 Å². The summed E-state index contributed by atoms with van der Waals surface area (Å²) in [6.45, 7) is 0. The molecule has 1 heterocycles. The number of thiophene rings is 1. The Labute approximate surface area is 130 Å². The quantitative estimate of drug-likeness (QED) is 0.834. The molecule has 0 atom stereocenters. The smallest absolute Gasteiger partial charge is 0.404 e. The van der Waals surface area contributed by atoms with E-state index in [2.05, 4.69) is 25.4 Å². The van der Waals surface area contributed by atoms with Crippen molar-refractivity contribution in [2.45, 2.75) is 10.6 Å². The number of benzene rings is 1. The molecule has 10 heteroatoms. The van der Waals surface area contributed by atoms with E-state index in [-0.39, 0.29) is 9.90 Å². The summed E-state index contributed by atoms with van der Waals surface area (Å²) in [6.07, 6.45) is -4.91.